The second kappa shape index (κ2) is 6.89. The predicted octanol–water partition coefficient (Wildman–Crippen LogP) is 2.00. The summed E-state index contributed by atoms with van der Waals surface area (Å²) in [7, 11) is 1.39. The summed E-state index contributed by atoms with van der Waals surface area (Å²) in [5.74, 6) is 0.421. The first-order valence-electron chi connectivity index (χ1n) is 4.74. The lowest BCUT2D eigenvalue weighted by Crippen LogP contribution is -2.14. The van der Waals surface area contributed by atoms with E-state index in [1.807, 2.05) is 6.92 Å². The smallest absolute Gasteiger partial charge is 0.307 e. The van der Waals surface area contributed by atoms with Gasteiger partial charge in [-0.3, -0.25) is 4.79 Å². The first-order valence-corrected chi connectivity index (χ1v) is 4.74. The van der Waals surface area contributed by atoms with Gasteiger partial charge < -0.3 is 9.47 Å². The van der Waals surface area contributed by atoms with Crippen LogP contribution in [0.1, 0.15) is 33.6 Å². The van der Waals surface area contributed by atoms with Crippen LogP contribution in [0.15, 0.2) is 0 Å². The van der Waals surface area contributed by atoms with Gasteiger partial charge >= 0.3 is 5.97 Å². The summed E-state index contributed by atoms with van der Waals surface area (Å²) in [5, 5.41) is 0. The maximum absolute atomic E-state index is 10.7. The molecule has 0 aromatic rings. The lowest BCUT2D eigenvalue weighted by molar-refractivity contribution is -0.142. The van der Waals surface area contributed by atoms with Crippen LogP contribution in [0.25, 0.3) is 0 Å². The van der Waals surface area contributed by atoms with Gasteiger partial charge in [-0.25, -0.2) is 0 Å². The van der Waals surface area contributed by atoms with Gasteiger partial charge in [-0.15, -0.1) is 0 Å². The molecule has 1 atom stereocenters. The van der Waals surface area contributed by atoms with Crippen LogP contribution < -0.4 is 0 Å². The molecule has 0 saturated heterocycles. The van der Waals surface area contributed by atoms with Gasteiger partial charge in [0.25, 0.3) is 0 Å². The maximum atomic E-state index is 10.7. The van der Waals surface area contributed by atoms with Gasteiger partial charge in [0.1, 0.15) is 0 Å². The minimum absolute atomic E-state index is 0.211. The fourth-order valence-electron chi connectivity index (χ4n) is 1.18. The number of hydrogen-bond acceptors (Lipinski definition) is 3. The Morgan fingerprint density at radius 1 is 1.31 bits per heavy atom. The molecule has 0 aliphatic rings. The van der Waals surface area contributed by atoms with Gasteiger partial charge in [-0.1, -0.05) is 13.8 Å². The zero-order chi connectivity index (χ0) is 10.3. The van der Waals surface area contributed by atoms with Crippen LogP contribution >= 0.6 is 0 Å². The first kappa shape index (κ1) is 12.4. The molecule has 3 heteroatoms. The predicted molar refractivity (Wildman–Crippen MR) is 51.5 cm³/mol. The fourth-order valence-corrected chi connectivity index (χ4v) is 1.18. The monoisotopic (exact) mass is 188 g/mol. The zero-order valence-electron chi connectivity index (χ0n) is 9.00. The van der Waals surface area contributed by atoms with Crippen molar-refractivity contribution in [2.75, 3.05) is 13.7 Å². The first-order chi connectivity index (χ1) is 6.06. The molecular formula is C10H20O3. The third kappa shape index (κ3) is 7.78. The molecule has 0 bridgehead atoms. The summed E-state index contributed by atoms with van der Waals surface area (Å²) in [4.78, 5) is 10.7. The number of carbonyl (C=O) groups is 1. The molecule has 1 unspecified atom stereocenters. The molecule has 0 aliphatic carbocycles. The molecular weight excluding hydrogens is 168 g/mol. The van der Waals surface area contributed by atoms with Crippen molar-refractivity contribution < 1.29 is 14.3 Å². The highest BCUT2D eigenvalue weighted by Gasteiger charge is 2.06. The highest BCUT2D eigenvalue weighted by Crippen LogP contribution is 2.07. The number of rotatable bonds is 6. The number of esters is 1. The summed E-state index contributed by atoms with van der Waals surface area (Å²) in [6.45, 7) is 6.79. The Morgan fingerprint density at radius 3 is 2.38 bits per heavy atom. The third-order valence-corrected chi connectivity index (χ3v) is 1.74. The van der Waals surface area contributed by atoms with E-state index in [1.54, 1.807) is 0 Å². The highest BCUT2D eigenvalue weighted by molar-refractivity contribution is 5.69. The molecule has 0 saturated carbocycles. The highest BCUT2D eigenvalue weighted by atomic mass is 16.5. The Balaban J connectivity index is 3.36. The Labute approximate surface area is 80.4 Å². The molecule has 13 heavy (non-hydrogen) atoms. The van der Waals surface area contributed by atoms with Crippen molar-refractivity contribution in [1.29, 1.82) is 0 Å². The Bertz CT molecular complexity index is 143. The van der Waals surface area contributed by atoms with Crippen LogP contribution in [0.5, 0.6) is 0 Å². The van der Waals surface area contributed by atoms with Gasteiger partial charge in [0.15, 0.2) is 0 Å². The second-order valence-electron chi connectivity index (χ2n) is 3.64. The van der Waals surface area contributed by atoms with E-state index >= 15 is 0 Å². The molecule has 0 spiro atoms. The summed E-state index contributed by atoms with van der Waals surface area (Å²) in [6, 6.07) is 0. The quantitative estimate of drug-likeness (QED) is 0.598. The van der Waals surface area contributed by atoms with E-state index in [4.69, 9.17) is 4.74 Å². The van der Waals surface area contributed by atoms with E-state index < -0.39 is 0 Å². The van der Waals surface area contributed by atoms with Crippen molar-refractivity contribution in [3.63, 3.8) is 0 Å². The van der Waals surface area contributed by atoms with Crippen LogP contribution in [-0.2, 0) is 14.3 Å². The lowest BCUT2D eigenvalue weighted by atomic mass is 10.1. The van der Waals surface area contributed by atoms with Crippen LogP contribution in [-0.4, -0.2) is 25.8 Å². The van der Waals surface area contributed by atoms with Crippen molar-refractivity contribution in [2.45, 2.75) is 39.7 Å². The van der Waals surface area contributed by atoms with Gasteiger partial charge in [0.05, 0.1) is 26.2 Å². The summed E-state index contributed by atoms with van der Waals surface area (Å²) >= 11 is 0. The van der Waals surface area contributed by atoms with Crippen molar-refractivity contribution in [1.82, 2.24) is 0 Å². The van der Waals surface area contributed by atoms with E-state index in [1.165, 1.54) is 7.11 Å². The van der Waals surface area contributed by atoms with Crippen LogP contribution in [0.4, 0.5) is 0 Å². The molecule has 0 aromatic heterocycles. The molecule has 0 rings (SSSR count). The molecule has 0 aliphatic heterocycles. The van der Waals surface area contributed by atoms with Gasteiger partial charge in [0.2, 0.25) is 0 Å². The maximum Gasteiger partial charge on any atom is 0.307 e. The van der Waals surface area contributed by atoms with E-state index in [0.717, 1.165) is 6.42 Å². The number of ether oxygens (including phenoxy) is 2. The van der Waals surface area contributed by atoms with Gasteiger partial charge in [-0.05, 0) is 19.3 Å². The molecule has 3 nitrogen and oxygen atoms in total. The van der Waals surface area contributed by atoms with E-state index in [2.05, 4.69) is 18.6 Å². The Morgan fingerprint density at radius 2 is 1.92 bits per heavy atom. The van der Waals surface area contributed by atoms with Crippen LogP contribution in [0.2, 0.25) is 0 Å². The summed E-state index contributed by atoms with van der Waals surface area (Å²) < 4.78 is 9.92. The number of methoxy groups -OCH3 is 1. The molecule has 0 radical (unpaired) electrons. The minimum Gasteiger partial charge on any atom is -0.469 e. The zero-order valence-corrected chi connectivity index (χ0v) is 9.00. The second-order valence-corrected chi connectivity index (χ2v) is 3.64. The van der Waals surface area contributed by atoms with Crippen molar-refractivity contribution in [3.05, 3.63) is 0 Å². The summed E-state index contributed by atoms with van der Waals surface area (Å²) in [6.07, 6.45) is 1.60. The van der Waals surface area contributed by atoms with Crippen molar-refractivity contribution in [2.24, 2.45) is 5.92 Å². The van der Waals surface area contributed by atoms with Crippen LogP contribution in [0, 0.1) is 5.92 Å². The van der Waals surface area contributed by atoms with E-state index in [-0.39, 0.29) is 12.1 Å². The molecule has 0 amide bonds. The largest absolute Gasteiger partial charge is 0.469 e. The lowest BCUT2D eigenvalue weighted by Gasteiger charge is -2.14. The topological polar surface area (TPSA) is 35.5 Å². The van der Waals surface area contributed by atoms with E-state index in [0.29, 0.717) is 18.9 Å². The van der Waals surface area contributed by atoms with Gasteiger partial charge in [-0.2, -0.15) is 0 Å². The molecule has 0 heterocycles. The fraction of sp³-hybridized carbons (Fsp3) is 0.900. The third-order valence-electron chi connectivity index (χ3n) is 1.74. The Hall–Kier alpha value is -0.570. The van der Waals surface area contributed by atoms with Gasteiger partial charge in [0, 0.05) is 0 Å². The molecule has 78 valence electrons. The number of carbonyl (C=O) groups excluding carboxylic acids is 1. The normalized spacial score (nSPS) is 13.0. The standard InChI is InChI=1S/C10H20O3/c1-8(2)7-9(3)13-6-5-10(11)12-4/h8-9H,5-7H2,1-4H3. The Kier molecular flexibility index (Phi) is 6.59. The average Bonchev–Trinajstić information content (AvgIpc) is 2.02. The van der Waals surface area contributed by atoms with Crippen LogP contribution in [0.3, 0.4) is 0 Å². The molecule has 0 N–H and O–H groups in total. The molecule has 0 aromatic carbocycles. The SMILES string of the molecule is COC(=O)CCOC(C)CC(C)C. The summed E-state index contributed by atoms with van der Waals surface area (Å²) in [5.41, 5.74) is 0. The van der Waals surface area contributed by atoms with Crippen molar-refractivity contribution >= 4 is 5.97 Å². The molecule has 0 fully saturated rings. The number of hydrogen-bond donors (Lipinski definition) is 0. The van der Waals surface area contributed by atoms with E-state index in [9.17, 15) is 4.79 Å². The van der Waals surface area contributed by atoms with Crippen molar-refractivity contribution in [3.8, 4) is 0 Å². The minimum atomic E-state index is -0.211. The average molecular weight is 188 g/mol.